The maximum atomic E-state index is 10.8. The number of thioether (sulfide) groups is 1. The zero-order valence-corrected chi connectivity index (χ0v) is 8.69. The van der Waals surface area contributed by atoms with Crippen molar-refractivity contribution in [2.75, 3.05) is 0 Å². The number of imidazole rings is 1. The van der Waals surface area contributed by atoms with Gasteiger partial charge in [0.2, 0.25) is 0 Å². The van der Waals surface area contributed by atoms with Crippen LogP contribution in [0.15, 0.2) is 17.9 Å². The molecular formula is C8H8N2OS2. The van der Waals surface area contributed by atoms with Gasteiger partial charge in [0.15, 0.2) is 5.12 Å². The van der Waals surface area contributed by atoms with Gasteiger partial charge in [-0.25, -0.2) is 4.98 Å². The van der Waals surface area contributed by atoms with Gasteiger partial charge in [0.05, 0.1) is 6.20 Å². The van der Waals surface area contributed by atoms with E-state index in [9.17, 15) is 4.79 Å². The van der Waals surface area contributed by atoms with E-state index in [-0.39, 0.29) is 5.12 Å². The van der Waals surface area contributed by atoms with Crippen molar-refractivity contribution in [2.24, 2.45) is 0 Å². The first-order valence-electron chi connectivity index (χ1n) is 3.79. The summed E-state index contributed by atoms with van der Waals surface area (Å²) < 4.78 is 2.01. The molecule has 0 unspecified atom stereocenters. The Morgan fingerprint density at radius 2 is 2.62 bits per heavy atom. The Labute approximate surface area is 83.8 Å². The molecule has 0 bridgehead atoms. The van der Waals surface area contributed by atoms with Crippen LogP contribution < -0.4 is 0 Å². The van der Waals surface area contributed by atoms with Crippen LogP contribution in [0.25, 0.3) is 4.83 Å². The predicted octanol–water partition coefficient (Wildman–Crippen LogP) is 2.18. The van der Waals surface area contributed by atoms with Crippen LogP contribution in [-0.4, -0.2) is 14.5 Å². The van der Waals surface area contributed by atoms with Crippen molar-refractivity contribution in [1.82, 2.24) is 9.38 Å². The Morgan fingerprint density at radius 1 is 1.77 bits per heavy atom. The summed E-state index contributed by atoms with van der Waals surface area (Å²) in [7, 11) is 0. The van der Waals surface area contributed by atoms with Crippen LogP contribution in [0.3, 0.4) is 0 Å². The van der Waals surface area contributed by atoms with E-state index in [2.05, 4.69) is 10.4 Å². The first-order valence-corrected chi connectivity index (χ1v) is 5.65. The van der Waals surface area contributed by atoms with Crippen LogP contribution in [-0.2, 0) is 10.5 Å². The number of aromatic nitrogens is 2. The highest BCUT2D eigenvalue weighted by Gasteiger charge is 2.04. The lowest BCUT2D eigenvalue weighted by molar-refractivity contribution is -0.109. The molecule has 13 heavy (non-hydrogen) atoms. The van der Waals surface area contributed by atoms with Crippen molar-refractivity contribution < 1.29 is 4.79 Å². The summed E-state index contributed by atoms with van der Waals surface area (Å²) in [4.78, 5) is 15.9. The summed E-state index contributed by atoms with van der Waals surface area (Å²) in [6.07, 6.45) is 3.61. The van der Waals surface area contributed by atoms with Crippen LogP contribution in [0.4, 0.5) is 0 Å². The molecule has 0 aliphatic carbocycles. The summed E-state index contributed by atoms with van der Waals surface area (Å²) in [5.41, 5.74) is 1.14. The Bertz CT molecular complexity index is 432. The number of rotatable bonds is 2. The highest BCUT2D eigenvalue weighted by atomic mass is 32.2. The van der Waals surface area contributed by atoms with Crippen LogP contribution in [0, 0.1) is 0 Å². The zero-order valence-electron chi connectivity index (χ0n) is 7.06. The Hall–Kier alpha value is -0.810. The van der Waals surface area contributed by atoms with Crippen LogP contribution in [0.5, 0.6) is 0 Å². The van der Waals surface area contributed by atoms with E-state index >= 15 is 0 Å². The molecule has 0 spiro atoms. The minimum atomic E-state index is 0.152. The summed E-state index contributed by atoms with van der Waals surface area (Å²) >= 11 is 2.97. The van der Waals surface area contributed by atoms with Gasteiger partial charge in [-0.15, -0.1) is 11.3 Å². The van der Waals surface area contributed by atoms with Gasteiger partial charge in [-0.2, -0.15) is 0 Å². The molecule has 3 nitrogen and oxygen atoms in total. The lowest BCUT2D eigenvalue weighted by Crippen LogP contribution is -1.89. The fraction of sp³-hybridized carbons (Fsp3) is 0.250. The maximum Gasteiger partial charge on any atom is 0.186 e. The molecule has 0 saturated heterocycles. The maximum absolute atomic E-state index is 10.8. The van der Waals surface area contributed by atoms with E-state index in [4.69, 9.17) is 0 Å². The minimum absolute atomic E-state index is 0.152. The first-order chi connectivity index (χ1) is 6.27. The third-order valence-electron chi connectivity index (χ3n) is 1.65. The number of carbonyl (C=O) groups excluding carboxylic acids is 1. The molecular weight excluding hydrogens is 204 g/mol. The minimum Gasteiger partial charge on any atom is -0.293 e. The van der Waals surface area contributed by atoms with Gasteiger partial charge in [0.25, 0.3) is 0 Å². The molecule has 2 aromatic rings. The quantitative estimate of drug-likeness (QED) is 0.765. The highest BCUT2D eigenvalue weighted by Crippen LogP contribution is 2.20. The predicted molar refractivity (Wildman–Crippen MR) is 55.0 cm³/mol. The van der Waals surface area contributed by atoms with Crippen molar-refractivity contribution in [3.8, 4) is 0 Å². The Kier molecular flexibility index (Phi) is 2.37. The molecule has 0 aliphatic heterocycles. The van der Waals surface area contributed by atoms with E-state index in [1.165, 1.54) is 11.8 Å². The summed E-state index contributed by atoms with van der Waals surface area (Å²) in [5.74, 6) is 0.728. The standard InChI is InChI=1S/C8H8N2OS2/c1-6(11)12-3-7-4-13-8-2-9-5-10(7)8/h2,4-5H,3H2,1H3. The smallest absolute Gasteiger partial charge is 0.186 e. The average molecular weight is 212 g/mol. The molecule has 0 N–H and O–H groups in total. The van der Waals surface area contributed by atoms with Crippen LogP contribution in [0.2, 0.25) is 0 Å². The summed E-state index contributed by atoms with van der Waals surface area (Å²) in [6, 6.07) is 0. The second-order valence-electron chi connectivity index (χ2n) is 2.61. The van der Waals surface area contributed by atoms with Crippen LogP contribution >= 0.6 is 23.1 Å². The van der Waals surface area contributed by atoms with Gasteiger partial charge < -0.3 is 0 Å². The molecule has 0 fully saturated rings. The van der Waals surface area contributed by atoms with Crippen LogP contribution in [0.1, 0.15) is 12.6 Å². The topological polar surface area (TPSA) is 34.4 Å². The molecule has 0 aliphatic rings. The van der Waals surface area contributed by atoms with Crippen molar-refractivity contribution in [2.45, 2.75) is 12.7 Å². The fourth-order valence-corrected chi connectivity index (χ4v) is 2.58. The van der Waals surface area contributed by atoms with Gasteiger partial charge in [-0.3, -0.25) is 9.20 Å². The second kappa shape index (κ2) is 3.51. The number of nitrogens with zero attached hydrogens (tertiary/aromatic N) is 2. The fourth-order valence-electron chi connectivity index (χ4n) is 1.05. The second-order valence-corrected chi connectivity index (χ2v) is 4.65. The molecule has 2 heterocycles. The van der Waals surface area contributed by atoms with E-state index in [1.54, 1.807) is 24.6 Å². The monoisotopic (exact) mass is 212 g/mol. The van der Waals surface area contributed by atoms with E-state index in [0.717, 1.165) is 16.3 Å². The lowest BCUT2D eigenvalue weighted by Gasteiger charge is -1.95. The molecule has 2 rings (SSSR count). The van der Waals surface area contributed by atoms with Gasteiger partial charge >= 0.3 is 0 Å². The highest BCUT2D eigenvalue weighted by molar-refractivity contribution is 8.12. The summed E-state index contributed by atoms with van der Waals surface area (Å²) in [5, 5.41) is 2.21. The van der Waals surface area contributed by atoms with Gasteiger partial charge in [0, 0.05) is 23.8 Å². The van der Waals surface area contributed by atoms with E-state index in [1.807, 2.05) is 10.6 Å². The average Bonchev–Trinajstić information content (AvgIpc) is 2.60. The molecule has 0 atom stereocenters. The van der Waals surface area contributed by atoms with Gasteiger partial charge in [0.1, 0.15) is 11.2 Å². The van der Waals surface area contributed by atoms with Crippen molar-refractivity contribution in [3.05, 3.63) is 23.6 Å². The first kappa shape index (κ1) is 8.77. The molecule has 68 valence electrons. The molecule has 0 radical (unpaired) electrons. The molecule has 5 heteroatoms. The largest absolute Gasteiger partial charge is 0.293 e. The molecule has 0 amide bonds. The van der Waals surface area contributed by atoms with Crippen molar-refractivity contribution in [3.63, 3.8) is 0 Å². The van der Waals surface area contributed by atoms with Gasteiger partial charge in [-0.05, 0) is 0 Å². The normalized spacial score (nSPS) is 10.8. The molecule has 2 aromatic heterocycles. The number of hydrogen-bond acceptors (Lipinski definition) is 4. The molecule has 0 aromatic carbocycles. The molecule has 0 saturated carbocycles. The van der Waals surface area contributed by atoms with Gasteiger partial charge in [-0.1, -0.05) is 11.8 Å². The Morgan fingerprint density at radius 3 is 3.38 bits per heavy atom. The van der Waals surface area contributed by atoms with E-state index in [0.29, 0.717) is 0 Å². The number of carbonyl (C=O) groups is 1. The SMILES string of the molecule is CC(=O)SCc1csc2cncn12. The third kappa shape index (κ3) is 1.76. The van der Waals surface area contributed by atoms with E-state index < -0.39 is 0 Å². The number of hydrogen-bond donors (Lipinski definition) is 0. The third-order valence-corrected chi connectivity index (χ3v) is 3.43. The Balaban J connectivity index is 2.23. The number of fused-ring (bicyclic) bond motifs is 1. The van der Waals surface area contributed by atoms with Crippen molar-refractivity contribution in [1.29, 1.82) is 0 Å². The lowest BCUT2D eigenvalue weighted by atomic mass is 10.6. The van der Waals surface area contributed by atoms with Crippen molar-refractivity contribution >= 4 is 33.0 Å². The zero-order chi connectivity index (χ0) is 9.26. The number of thiazole rings is 1. The summed E-state index contributed by atoms with van der Waals surface area (Å²) in [6.45, 7) is 1.59.